The van der Waals surface area contributed by atoms with Gasteiger partial charge in [-0.05, 0) is 12.1 Å². The van der Waals surface area contributed by atoms with Gasteiger partial charge in [-0.3, -0.25) is 4.79 Å². The number of nitrogens with one attached hydrogen (secondary N) is 1. The molecule has 1 amide bonds. The fourth-order valence-electron chi connectivity index (χ4n) is 1.57. The van der Waals surface area contributed by atoms with Crippen molar-refractivity contribution in [2.75, 3.05) is 5.32 Å². The van der Waals surface area contributed by atoms with Gasteiger partial charge in [0.2, 0.25) is 0 Å². The molecule has 6 nitrogen and oxygen atoms in total. The summed E-state index contributed by atoms with van der Waals surface area (Å²) in [5, 5.41) is 11.1. The largest absolute Gasteiger partial charge is 0.311 e. The van der Waals surface area contributed by atoms with Gasteiger partial charge in [0.05, 0.1) is 23.6 Å². The van der Waals surface area contributed by atoms with Crippen LogP contribution in [0.2, 0.25) is 0 Å². The second kappa shape index (κ2) is 4.99. The molecular formula is C12H9N5OS. The summed E-state index contributed by atoms with van der Waals surface area (Å²) < 4.78 is 5.33. The summed E-state index contributed by atoms with van der Waals surface area (Å²) >= 11 is 1.13. The van der Waals surface area contributed by atoms with Crippen LogP contribution >= 0.6 is 11.5 Å². The number of hydrogen-bond donors (Lipinski definition) is 1. The first kappa shape index (κ1) is 11.5. The number of carbonyl (C=O) groups excluding carboxylic acids is 1. The fraction of sp³-hybridized carbons (Fsp3) is 0. The Morgan fingerprint density at radius 1 is 1.21 bits per heavy atom. The minimum Gasteiger partial charge on any atom is -0.311 e. The zero-order valence-corrected chi connectivity index (χ0v) is 10.5. The Labute approximate surface area is 112 Å². The second-order valence-electron chi connectivity index (χ2n) is 3.75. The van der Waals surface area contributed by atoms with E-state index >= 15 is 0 Å². The quantitative estimate of drug-likeness (QED) is 0.790. The van der Waals surface area contributed by atoms with Crippen LogP contribution < -0.4 is 5.32 Å². The van der Waals surface area contributed by atoms with Crippen molar-refractivity contribution >= 4 is 22.4 Å². The lowest BCUT2D eigenvalue weighted by Crippen LogP contribution is -2.09. The number of anilines is 1. The molecule has 7 heteroatoms. The molecule has 2 aromatic heterocycles. The van der Waals surface area contributed by atoms with E-state index in [1.54, 1.807) is 10.9 Å². The molecule has 1 aromatic carbocycles. The van der Waals surface area contributed by atoms with Crippen molar-refractivity contribution < 1.29 is 4.79 Å². The Morgan fingerprint density at radius 3 is 2.79 bits per heavy atom. The molecule has 0 unspecified atom stereocenters. The molecule has 1 N–H and O–H groups in total. The van der Waals surface area contributed by atoms with E-state index in [-0.39, 0.29) is 5.91 Å². The van der Waals surface area contributed by atoms with E-state index in [2.05, 4.69) is 20.0 Å². The highest BCUT2D eigenvalue weighted by Gasteiger charge is 2.10. The molecular weight excluding hydrogens is 262 g/mol. The van der Waals surface area contributed by atoms with Gasteiger partial charge in [0.1, 0.15) is 5.00 Å². The monoisotopic (exact) mass is 271 g/mol. The van der Waals surface area contributed by atoms with Gasteiger partial charge in [-0.2, -0.15) is 5.10 Å². The maximum Gasteiger partial charge on any atom is 0.259 e. The minimum absolute atomic E-state index is 0.228. The van der Waals surface area contributed by atoms with E-state index in [9.17, 15) is 4.79 Å². The molecule has 19 heavy (non-hydrogen) atoms. The van der Waals surface area contributed by atoms with Crippen molar-refractivity contribution in [3.8, 4) is 5.69 Å². The van der Waals surface area contributed by atoms with Crippen molar-refractivity contribution in [1.29, 1.82) is 0 Å². The van der Waals surface area contributed by atoms with E-state index < -0.39 is 0 Å². The van der Waals surface area contributed by atoms with Crippen LogP contribution in [0.1, 0.15) is 10.4 Å². The van der Waals surface area contributed by atoms with Crippen molar-refractivity contribution in [3.63, 3.8) is 0 Å². The maximum atomic E-state index is 11.9. The molecule has 0 saturated heterocycles. The second-order valence-corrected chi connectivity index (χ2v) is 4.53. The predicted molar refractivity (Wildman–Crippen MR) is 71.4 cm³/mol. The van der Waals surface area contributed by atoms with Crippen LogP contribution in [0.25, 0.3) is 5.69 Å². The first-order chi connectivity index (χ1) is 9.33. The molecule has 0 saturated carbocycles. The molecule has 3 rings (SSSR count). The molecule has 0 bridgehead atoms. The molecule has 0 radical (unpaired) electrons. The Morgan fingerprint density at radius 2 is 2.05 bits per heavy atom. The molecule has 3 aromatic rings. The standard InChI is InChI=1S/C12H9N5OS/c18-12(15-11-7-13-16-19-11)9-6-14-17(8-9)10-4-2-1-3-5-10/h1-8H,(H,15,18). The van der Waals surface area contributed by atoms with Gasteiger partial charge in [0.25, 0.3) is 5.91 Å². The third-order valence-corrected chi connectivity index (χ3v) is 3.04. The van der Waals surface area contributed by atoms with Crippen molar-refractivity contribution in [1.82, 2.24) is 19.4 Å². The van der Waals surface area contributed by atoms with Crippen LogP contribution in [-0.4, -0.2) is 25.3 Å². The number of carbonyl (C=O) groups is 1. The zero-order valence-electron chi connectivity index (χ0n) is 9.72. The number of amides is 1. The highest BCUT2D eigenvalue weighted by Crippen LogP contribution is 2.12. The molecule has 2 heterocycles. The Balaban J connectivity index is 1.80. The summed E-state index contributed by atoms with van der Waals surface area (Å²) in [5.41, 5.74) is 1.39. The van der Waals surface area contributed by atoms with E-state index in [4.69, 9.17) is 0 Å². The minimum atomic E-state index is -0.228. The van der Waals surface area contributed by atoms with E-state index in [1.807, 2.05) is 30.3 Å². The normalized spacial score (nSPS) is 10.3. The smallest absolute Gasteiger partial charge is 0.259 e. The Kier molecular flexibility index (Phi) is 3.03. The van der Waals surface area contributed by atoms with Crippen molar-refractivity contribution in [2.24, 2.45) is 0 Å². The average molecular weight is 271 g/mol. The van der Waals surface area contributed by atoms with Gasteiger partial charge < -0.3 is 5.32 Å². The highest BCUT2D eigenvalue weighted by molar-refractivity contribution is 7.10. The van der Waals surface area contributed by atoms with Crippen LogP contribution in [0.5, 0.6) is 0 Å². The van der Waals surface area contributed by atoms with Crippen LogP contribution in [0.15, 0.2) is 48.9 Å². The van der Waals surface area contributed by atoms with Crippen molar-refractivity contribution in [2.45, 2.75) is 0 Å². The molecule has 0 spiro atoms. The molecule has 0 aliphatic heterocycles. The number of para-hydroxylation sites is 1. The molecule has 94 valence electrons. The molecule has 0 atom stereocenters. The summed E-state index contributed by atoms with van der Waals surface area (Å²) in [4.78, 5) is 11.9. The topological polar surface area (TPSA) is 72.7 Å². The van der Waals surface area contributed by atoms with Gasteiger partial charge >= 0.3 is 0 Å². The molecule has 0 aliphatic carbocycles. The number of benzene rings is 1. The fourth-order valence-corrected chi connectivity index (χ4v) is 1.98. The molecule has 0 fully saturated rings. The molecule has 0 aliphatic rings. The van der Waals surface area contributed by atoms with E-state index in [1.165, 1.54) is 12.4 Å². The van der Waals surface area contributed by atoms with Gasteiger partial charge in [-0.15, -0.1) is 5.10 Å². The van der Waals surface area contributed by atoms with Gasteiger partial charge in [-0.1, -0.05) is 22.7 Å². The van der Waals surface area contributed by atoms with Crippen LogP contribution in [-0.2, 0) is 0 Å². The summed E-state index contributed by atoms with van der Waals surface area (Å²) in [7, 11) is 0. The first-order valence-electron chi connectivity index (χ1n) is 5.52. The summed E-state index contributed by atoms with van der Waals surface area (Å²) in [6, 6.07) is 9.60. The third kappa shape index (κ3) is 2.50. The number of nitrogens with zero attached hydrogens (tertiary/aromatic N) is 4. The zero-order chi connectivity index (χ0) is 13.1. The third-order valence-electron chi connectivity index (χ3n) is 2.46. The number of hydrogen-bond acceptors (Lipinski definition) is 5. The van der Waals surface area contributed by atoms with Crippen LogP contribution in [0.3, 0.4) is 0 Å². The first-order valence-corrected chi connectivity index (χ1v) is 6.29. The number of rotatable bonds is 3. The predicted octanol–water partition coefficient (Wildman–Crippen LogP) is 1.98. The lowest BCUT2D eigenvalue weighted by Gasteiger charge is -1.99. The lowest BCUT2D eigenvalue weighted by molar-refractivity contribution is 0.102. The lowest BCUT2D eigenvalue weighted by atomic mass is 10.3. The van der Waals surface area contributed by atoms with E-state index in [0.29, 0.717) is 10.6 Å². The summed E-state index contributed by atoms with van der Waals surface area (Å²) in [6.45, 7) is 0. The van der Waals surface area contributed by atoms with Crippen LogP contribution in [0.4, 0.5) is 5.00 Å². The Bertz CT molecular complexity index is 677. The Hall–Kier alpha value is -2.54. The van der Waals surface area contributed by atoms with Crippen molar-refractivity contribution in [3.05, 3.63) is 54.5 Å². The van der Waals surface area contributed by atoms with Crippen LogP contribution in [0, 0.1) is 0 Å². The summed E-state index contributed by atoms with van der Waals surface area (Å²) in [5.74, 6) is -0.228. The number of aromatic nitrogens is 4. The van der Waals surface area contributed by atoms with Gasteiger partial charge in [0.15, 0.2) is 0 Å². The highest BCUT2D eigenvalue weighted by atomic mass is 32.1. The average Bonchev–Trinajstić information content (AvgIpc) is 3.10. The maximum absolute atomic E-state index is 11.9. The summed E-state index contributed by atoms with van der Waals surface area (Å²) in [6.07, 6.45) is 4.71. The van der Waals surface area contributed by atoms with Gasteiger partial charge in [-0.25, -0.2) is 4.68 Å². The van der Waals surface area contributed by atoms with E-state index in [0.717, 1.165) is 17.2 Å². The SMILES string of the molecule is O=C(Nc1cnns1)c1cnn(-c2ccccc2)c1. The van der Waals surface area contributed by atoms with Gasteiger partial charge in [0, 0.05) is 17.7 Å².